The summed E-state index contributed by atoms with van der Waals surface area (Å²) in [5.74, 6) is -0.794. The van der Waals surface area contributed by atoms with E-state index in [4.69, 9.17) is 14.6 Å². The number of aliphatic carboxylic acids is 1. The molecule has 1 aliphatic heterocycles. The van der Waals surface area contributed by atoms with Gasteiger partial charge in [-0.2, -0.15) is 0 Å². The van der Waals surface area contributed by atoms with Crippen molar-refractivity contribution >= 4 is 11.9 Å². The number of rotatable bonds is 2. The summed E-state index contributed by atoms with van der Waals surface area (Å²) in [5.41, 5.74) is 0. The predicted molar refractivity (Wildman–Crippen MR) is 47.2 cm³/mol. The van der Waals surface area contributed by atoms with Crippen LogP contribution >= 0.6 is 0 Å². The summed E-state index contributed by atoms with van der Waals surface area (Å²) >= 11 is 0. The lowest BCUT2D eigenvalue weighted by Gasteiger charge is -1.96. The van der Waals surface area contributed by atoms with Crippen molar-refractivity contribution < 1.29 is 19.4 Å². The maximum atomic E-state index is 10.7. The van der Waals surface area contributed by atoms with Crippen molar-refractivity contribution in [2.45, 2.75) is 19.8 Å². The molecule has 0 spiro atoms. The molecule has 1 fully saturated rings. The first kappa shape index (κ1) is 11.7. The summed E-state index contributed by atoms with van der Waals surface area (Å²) in [4.78, 5) is 19.7. The molecule has 1 N–H and O–H groups in total. The van der Waals surface area contributed by atoms with Gasteiger partial charge in [-0.1, -0.05) is 6.08 Å². The largest absolute Gasteiger partial charge is 0.481 e. The van der Waals surface area contributed by atoms with E-state index in [-0.39, 0.29) is 11.9 Å². The summed E-state index contributed by atoms with van der Waals surface area (Å²) in [6.07, 6.45) is 3.39. The molecule has 0 saturated carbocycles. The molecule has 0 aliphatic carbocycles. The van der Waals surface area contributed by atoms with E-state index in [1.807, 2.05) is 0 Å². The molecule has 4 nitrogen and oxygen atoms in total. The molecule has 13 heavy (non-hydrogen) atoms. The first-order valence-electron chi connectivity index (χ1n) is 4.05. The van der Waals surface area contributed by atoms with Crippen LogP contribution in [0, 0.1) is 5.92 Å². The second-order valence-electron chi connectivity index (χ2n) is 2.70. The van der Waals surface area contributed by atoms with Crippen molar-refractivity contribution in [3.8, 4) is 0 Å². The van der Waals surface area contributed by atoms with Gasteiger partial charge in [0.15, 0.2) is 0 Å². The van der Waals surface area contributed by atoms with Crippen LogP contribution in [0.25, 0.3) is 0 Å². The minimum Gasteiger partial charge on any atom is -0.481 e. The van der Waals surface area contributed by atoms with Gasteiger partial charge in [-0.25, -0.2) is 0 Å². The van der Waals surface area contributed by atoms with Crippen molar-refractivity contribution in [2.75, 3.05) is 6.61 Å². The lowest BCUT2D eigenvalue weighted by atomic mass is 10.1. The molecule has 4 heteroatoms. The SMILES string of the molecule is C=CCC1CCOC1=O.CC(=O)O. The van der Waals surface area contributed by atoms with Crippen LogP contribution < -0.4 is 0 Å². The molecule has 74 valence electrons. The van der Waals surface area contributed by atoms with Gasteiger partial charge in [0.25, 0.3) is 5.97 Å². The second kappa shape index (κ2) is 6.22. The second-order valence-corrected chi connectivity index (χ2v) is 2.70. The number of carboxylic acid groups (broad SMARTS) is 1. The smallest absolute Gasteiger partial charge is 0.309 e. The third-order valence-corrected chi connectivity index (χ3v) is 1.50. The van der Waals surface area contributed by atoms with Crippen LogP contribution in [-0.4, -0.2) is 23.7 Å². The van der Waals surface area contributed by atoms with Crippen molar-refractivity contribution in [1.82, 2.24) is 0 Å². The summed E-state index contributed by atoms with van der Waals surface area (Å²) < 4.78 is 4.73. The van der Waals surface area contributed by atoms with Gasteiger partial charge in [-0.15, -0.1) is 6.58 Å². The molecule has 1 aliphatic rings. The number of hydrogen-bond donors (Lipinski definition) is 1. The highest BCUT2D eigenvalue weighted by atomic mass is 16.5. The highest BCUT2D eigenvalue weighted by Crippen LogP contribution is 2.17. The number of carbonyl (C=O) groups is 2. The average Bonchev–Trinajstić information content (AvgIpc) is 2.36. The Kier molecular flexibility index (Phi) is 5.59. The number of hydrogen-bond acceptors (Lipinski definition) is 3. The molecule has 0 amide bonds. The maximum Gasteiger partial charge on any atom is 0.309 e. The van der Waals surface area contributed by atoms with Crippen molar-refractivity contribution in [1.29, 1.82) is 0 Å². The van der Waals surface area contributed by atoms with Crippen molar-refractivity contribution in [3.63, 3.8) is 0 Å². The van der Waals surface area contributed by atoms with Crippen LogP contribution in [0.15, 0.2) is 12.7 Å². The number of esters is 1. The van der Waals surface area contributed by atoms with Gasteiger partial charge in [-0.3, -0.25) is 9.59 Å². The fourth-order valence-electron chi connectivity index (χ4n) is 0.953. The molecule has 1 atom stereocenters. The first-order chi connectivity index (χ1) is 6.07. The Bertz CT molecular complexity index is 194. The lowest BCUT2D eigenvalue weighted by molar-refractivity contribution is -0.141. The van der Waals surface area contributed by atoms with Gasteiger partial charge in [0.2, 0.25) is 0 Å². The third-order valence-electron chi connectivity index (χ3n) is 1.50. The standard InChI is InChI=1S/C7H10O2.C2H4O2/c1-2-3-6-4-5-9-7(6)8;1-2(3)4/h2,6H,1,3-5H2;1H3,(H,3,4). The Hall–Kier alpha value is -1.32. The van der Waals surface area contributed by atoms with E-state index in [9.17, 15) is 4.79 Å². The lowest BCUT2D eigenvalue weighted by Crippen LogP contribution is -2.05. The van der Waals surface area contributed by atoms with Gasteiger partial charge >= 0.3 is 5.97 Å². The molecular formula is C9H14O4. The van der Waals surface area contributed by atoms with Crippen LogP contribution in [0.3, 0.4) is 0 Å². The van der Waals surface area contributed by atoms with E-state index < -0.39 is 5.97 Å². The fourth-order valence-corrected chi connectivity index (χ4v) is 0.953. The molecule has 1 rings (SSSR count). The van der Waals surface area contributed by atoms with Crippen molar-refractivity contribution in [3.05, 3.63) is 12.7 Å². The van der Waals surface area contributed by atoms with Gasteiger partial charge in [0.1, 0.15) is 0 Å². The minimum absolute atomic E-state index is 0.0603. The number of allylic oxidation sites excluding steroid dienone is 1. The zero-order chi connectivity index (χ0) is 10.3. The molecule has 0 aromatic heterocycles. The van der Waals surface area contributed by atoms with E-state index in [1.165, 1.54) is 0 Å². The summed E-state index contributed by atoms with van der Waals surface area (Å²) in [7, 11) is 0. The van der Waals surface area contributed by atoms with E-state index >= 15 is 0 Å². The van der Waals surface area contributed by atoms with Crippen LogP contribution in [0.5, 0.6) is 0 Å². The molecule has 1 heterocycles. The van der Waals surface area contributed by atoms with E-state index in [1.54, 1.807) is 6.08 Å². The zero-order valence-electron chi connectivity index (χ0n) is 7.66. The van der Waals surface area contributed by atoms with Gasteiger partial charge in [0.05, 0.1) is 12.5 Å². The Morgan fingerprint density at radius 3 is 2.69 bits per heavy atom. The fraction of sp³-hybridized carbons (Fsp3) is 0.556. The molecule has 0 aromatic rings. The normalized spacial score (nSPS) is 19.8. The molecule has 0 aromatic carbocycles. The monoisotopic (exact) mass is 186 g/mol. The Morgan fingerprint density at radius 1 is 1.85 bits per heavy atom. The molecular weight excluding hydrogens is 172 g/mol. The van der Waals surface area contributed by atoms with Crippen LogP contribution in [0.1, 0.15) is 19.8 Å². The van der Waals surface area contributed by atoms with Crippen LogP contribution in [0.2, 0.25) is 0 Å². The predicted octanol–water partition coefficient (Wildman–Crippen LogP) is 1.22. The highest BCUT2D eigenvalue weighted by Gasteiger charge is 2.24. The minimum atomic E-state index is -0.833. The summed E-state index contributed by atoms with van der Waals surface area (Å²) in [5, 5.41) is 7.42. The van der Waals surface area contributed by atoms with E-state index in [0.717, 1.165) is 19.8 Å². The van der Waals surface area contributed by atoms with Gasteiger partial charge < -0.3 is 9.84 Å². The highest BCUT2D eigenvalue weighted by molar-refractivity contribution is 5.74. The number of ether oxygens (including phenoxy) is 1. The third kappa shape index (κ3) is 5.90. The van der Waals surface area contributed by atoms with Crippen LogP contribution in [-0.2, 0) is 14.3 Å². The quantitative estimate of drug-likeness (QED) is 0.520. The molecule has 1 unspecified atom stereocenters. The summed E-state index contributed by atoms with van der Waals surface area (Å²) in [6, 6.07) is 0. The molecule has 1 saturated heterocycles. The number of carboxylic acids is 1. The Morgan fingerprint density at radius 2 is 2.38 bits per heavy atom. The van der Waals surface area contributed by atoms with Gasteiger partial charge in [-0.05, 0) is 12.8 Å². The topological polar surface area (TPSA) is 63.6 Å². The van der Waals surface area contributed by atoms with E-state index in [2.05, 4.69) is 6.58 Å². The number of cyclic esters (lactones) is 1. The maximum absolute atomic E-state index is 10.7. The summed E-state index contributed by atoms with van der Waals surface area (Å²) in [6.45, 7) is 5.23. The number of carbonyl (C=O) groups excluding carboxylic acids is 1. The Balaban J connectivity index is 0.000000310. The first-order valence-corrected chi connectivity index (χ1v) is 4.05. The molecule has 0 radical (unpaired) electrons. The van der Waals surface area contributed by atoms with Gasteiger partial charge in [0, 0.05) is 6.92 Å². The Labute approximate surface area is 77.2 Å². The average molecular weight is 186 g/mol. The van der Waals surface area contributed by atoms with Crippen molar-refractivity contribution in [2.24, 2.45) is 5.92 Å². The van der Waals surface area contributed by atoms with E-state index in [0.29, 0.717) is 6.61 Å². The van der Waals surface area contributed by atoms with Crippen LogP contribution in [0.4, 0.5) is 0 Å². The zero-order valence-corrected chi connectivity index (χ0v) is 7.66. The molecule has 0 bridgehead atoms.